The van der Waals surface area contributed by atoms with E-state index in [9.17, 15) is 27.1 Å². The van der Waals surface area contributed by atoms with Gasteiger partial charge >= 0.3 is 12.1 Å². The van der Waals surface area contributed by atoms with Crippen molar-refractivity contribution in [2.75, 3.05) is 0 Å². The van der Waals surface area contributed by atoms with Gasteiger partial charge in [0.15, 0.2) is 0 Å². The van der Waals surface area contributed by atoms with Gasteiger partial charge in [0.2, 0.25) is 5.82 Å². The molecule has 7 nitrogen and oxygen atoms in total. The Hall–Kier alpha value is -3.67. The quantitative estimate of drug-likeness (QED) is 0.342. The maximum atomic E-state index is 14.6. The van der Waals surface area contributed by atoms with E-state index < -0.39 is 30.1 Å². The Kier molecular flexibility index (Phi) is 6.66. The Morgan fingerprint density at radius 1 is 1.00 bits per heavy atom. The van der Waals surface area contributed by atoms with Crippen LogP contribution in [0.1, 0.15) is 36.1 Å². The minimum atomic E-state index is -5.86. The van der Waals surface area contributed by atoms with Crippen molar-refractivity contribution in [2.24, 2.45) is 0 Å². The zero-order valence-corrected chi connectivity index (χ0v) is 18.5. The minimum Gasteiger partial charge on any atom is -0.390 e. The lowest BCUT2D eigenvalue weighted by Crippen LogP contribution is -2.37. The molecule has 0 aliphatic carbocycles. The molecule has 0 amide bonds. The van der Waals surface area contributed by atoms with E-state index >= 15 is 0 Å². The van der Waals surface area contributed by atoms with Crippen molar-refractivity contribution in [1.82, 2.24) is 30.2 Å². The van der Waals surface area contributed by atoms with Crippen LogP contribution in [0.2, 0.25) is 0 Å². The van der Waals surface area contributed by atoms with Crippen LogP contribution in [0, 0.1) is 0 Å². The first-order chi connectivity index (χ1) is 16.7. The average molecular weight is 492 g/mol. The molecule has 2 heterocycles. The van der Waals surface area contributed by atoms with Gasteiger partial charge in [0, 0.05) is 18.5 Å². The molecule has 0 fully saturated rings. The molecule has 2 aromatic heterocycles. The summed E-state index contributed by atoms with van der Waals surface area (Å²) in [6.45, 7) is 0.372. The minimum absolute atomic E-state index is 0.0312. The molecule has 0 atom stereocenters. The number of halogens is 5. The Balaban J connectivity index is 1.86. The predicted molar refractivity (Wildman–Crippen MR) is 116 cm³/mol. The van der Waals surface area contributed by atoms with E-state index in [2.05, 4.69) is 25.6 Å². The largest absolute Gasteiger partial charge is 0.459 e. The number of aromatic nitrogens is 6. The fraction of sp³-hybridized carbons (Fsp3) is 0.304. The molecule has 2 N–H and O–H groups in total. The fourth-order valence-corrected chi connectivity index (χ4v) is 3.94. The van der Waals surface area contributed by atoms with Crippen LogP contribution in [0.4, 0.5) is 22.0 Å². The van der Waals surface area contributed by atoms with Crippen molar-refractivity contribution in [2.45, 2.75) is 45.0 Å². The summed E-state index contributed by atoms with van der Waals surface area (Å²) >= 11 is 0. The second-order valence-corrected chi connectivity index (χ2v) is 7.87. The van der Waals surface area contributed by atoms with E-state index in [1.54, 1.807) is 25.1 Å². The van der Waals surface area contributed by atoms with Crippen molar-refractivity contribution in [1.29, 1.82) is 0 Å². The van der Waals surface area contributed by atoms with Crippen molar-refractivity contribution < 1.29 is 27.1 Å². The van der Waals surface area contributed by atoms with Crippen molar-refractivity contribution >= 4 is 0 Å². The molecule has 12 heteroatoms. The van der Waals surface area contributed by atoms with E-state index in [0.29, 0.717) is 17.5 Å². The smallest absolute Gasteiger partial charge is 0.390 e. The number of aromatic amines is 1. The van der Waals surface area contributed by atoms with Gasteiger partial charge in [-0.2, -0.15) is 27.2 Å². The molecular weight excluding hydrogens is 471 g/mol. The zero-order chi connectivity index (χ0) is 25.2. The molecule has 4 rings (SSSR count). The van der Waals surface area contributed by atoms with Crippen LogP contribution in [0.25, 0.3) is 22.5 Å². The predicted octanol–water partition coefficient (Wildman–Crippen LogP) is 4.88. The van der Waals surface area contributed by atoms with Crippen molar-refractivity contribution in [3.8, 4) is 22.5 Å². The number of nitrogens with zero attached hydrogens (tertiary/aromatic N) is 5. The first kappa shape index (κ1) is 24.5. The summed E-state index contributed by atoms with van der Waals surface area (Å²) in [7, 11) is 0. The van der Waals surface area contributed by atoms with E-state index in [1.807, 2.05) is 30.3 Å². The molecule has 0 saturated heterocycles. The van der Waals surface area contributed by atoms with E-state index in [-0.39, 0.29) is 24.6 Å². The topological polar surface area (TPSA) is 92.5 Å². The maximum absolute atomic E-state index is 14.6. The van der Waals surface area contributed by atoms with Gasteiger partial charge in [0.25, 0.3) is 0 Å². The molecule has 0 spiro atoms. The molecular formula is C23H21F5N6O. The monoisotopic (exact) mass is 492 g/mol. The van der Waals surface area contributed by atoms with Crippen LogP contribution in [0.5, 0.6) is 0 Å². The highest BCUT2D eigenvalue weighted by atomic mass is 19.4. The van der Waals surface area contributed by atoms with Gasteiger partial charge < -0.3 is 9.67 Å². The van der Waals surface area contributed by atoms with Gasteiger partial charge in [0.1, 0.15) is 11.5 Å². The highest BCUT2D eigenvalue weighted by Crippen LogP contribution is 2.46. The molecule has 0 unspecified atom stereocenters. The number of aryl methyl sites for hydroxylation is 1. The van der Waals surface area contributed by atoms with Crippen molar-refractivity contribution in [3.05, 3.63) is 71.3 Å². The lowest BCUT2D eigenvalue weighted by Gasteiger charge is -2.23. The van der Waals surface area contributed by atoms with E-state index in [1.165, 1.54) is 0 Å². The van der Waals surface area contributed by atoms with Crippen molar-refractivity contribution in [3.63, 3.8) is 0 Å². The number of tetrazole rings is 1. The third-order valence-electron chi connectivity index (χ3n) is 5.49. The van der Waals surface area contributed by atoms with Crippen LogP contribution >= 0.6 is 0 Å². The third-order valence-corrected chi connectivity index (χ3v) is 5.49. The Bertz CT molecular complexity index is 1290. The second-order valence-electron chi connectivity index (χ2n) is 7.87. The number of imidazole rings is 1. The van der Waals surface area contributed by atoms with E-state index in [4.69, 9.17) is 0 Å². The van der Waals surface area contributed by atoms with E-state index in [0.717, 1.165) is 15.7 Å². The standard InChI is InChI=1S/C23H21F5N6O/c1-2-6-19-29-18(13-35)20(22(24,25)23(26,27)28)34(19)12-14-9-10-16(15-7-4-3-5-8-15)17(11-14)21-30-32-33-31-21/h3-5,7-11,35H,2,6,12-13H2,1H3,(H,30,31,32,33). The number of alkyl halides is 5. The molecule has 2 aromatic carbocycles. The number of H-pyrrole nitrogens is 1. The molecule has 4 aromatic rings. The normalized spacial score (nSPS) is 12.3. The van der Waals surface area contributed by atoms with Gasteiger partial charge in [-0.3, -0.25) is 0 Å². The first-order valence-corrected chi connectivity index (χ1v) is 10.7. The molecule has 184 valence electrons. The summed E-state index contributed by atoms with van der Waals surface area (Å²) < 4.78 is 70.0. The van der Waals surface area contributed by atoms with Gasteiger partial charge in [0.05, 0.1) is 12.3 Å². The second kappa shape index (κ2) is 9.53. The summed E-state index contributed by atoms with van der Waals surface area (Å²) in [5.41, 5.74) is 0.445. The average Bonchev–Trinajstić information content (AvgIpc) is 3.48. The van der Waals surface area contributed by atoms with Gasteiger partial charge in [-0.25, -0.2) is 4.98 Å². The lowest BCUT2D eigenvalue weighted by atomic mass is 9.97. The van der Waals surface area contributed by atoms with Crippen LogP contribution in [0.3, 0.4) is 0 Å². The molecule has 0 aliphatic heterocycles. The number of rotatable bonds is 8. The lowest BCUT2D eigenvalue weighted by molar-refractivity contribution is -0.292. The zero-order valence-electron chi connectivity index (χ0n) is 18.5. The van der Waals surface area contributed by atoms with Gasteiger partial charge in [-0.05, 0) is 34.4 Å². The summed E-state index contributed by atoms with van der Waals surface area (Å²) in [5, 5.41) is 23.5. The molecule has 35 heavy (non-hydrogen) atoms. The van der Waals surface area contributed by atoms with Gasteiger partial charge in [-0.1, -0.05) is 49.4 Å². The number of hydrogen-bond donors (Lipinski definition) is 2. The first-order valence-electron chi connectivity index (χ1n) is 10.7. The van der Waals surface area contributed by atoms with Crippen LogP contribution in [0.15, 0.2) is 48.5 Å². The molecule has 0 radical (unpaired) electrons. The summed E-state index contributed by atoms with van der Waals surface area (Å²) in [6.07, 6.45) is -5.24. The van der Waals surface area contributed by atoms with Crippen LogP contribution in [-0.4, -0.2) is 41.5 Å². The highest BCUT2D eigenvalue weighted by Gasteiger charge is 2.61. The number of benzene rings is 2. The Morgan fingerprint density at radius 2 is 1.74 bits per heavy atom. The number of hydrogen-bond acceptors (Lipinski definition) is 5. The molecule has 0 aliphatic rings. The SMILES string of the molecule is CCCc1nc(CO)c(C(F)(F)C(F)(F)F)n1Cc1ccc(-c2ccccc2)c(-c2nn[nH]n2)c1. The maximum Gasteiger partial charge on any atom is 0.459 e. The van der Waals surface area contributed by atoms with Crippen LogP contribution in [-0.2, 0) is 25.5 Å². The van der Waals surface area contributed by atoms with Gasteiger partial charge in [-0.15, -0.1) is 10.2 Å². The number of nitrogens with one attached hydrogen (secondary N) is 1. The number of aliphatic hydroxyl groups excluding tert-OH is 1. The Labute approximate surface area is 196 Å². The summed E-state index contributed by atoms with van der Waals surface area (Å²) in [5.74, 6) is -4.93. The number of aliphatic hydroxyl groups is 1. The molecule has 0 bridgehead atoms. The summed E-state index contributed by atoms with van der Waals surface area (Å²) in [4.78, 5) is 3.93. The third kappa shape index (κ3) is 4.65. The molecule has 0 saturated carbocycles. The summed E-state index contributed by atoms with van der Waals surface area (Å²) in [6, 6.07) is 14.2. The highest BCUT2D eigenvalue weighted by molar-refractivity contribution is 5.80. The fourth-order valence-electron chi connectivity index (χ4n) is 3.94. The van der Waals surface area contributed by atoms with Crippen LogP contribution < -0.4 is 0 Å². The Morgan fingerprint density at radius 3 is 2.34 bits per heavy atom.